The SMILES string of the molecule is O=C(CCc1ccc(O)cc1)N[C@@H](Cc1ccccc1)C(=O)N[C@@H](Cc1ccccc1)C(=O)NCc1ccc(O)cc1. The Morgan fingerprint density at radius 3 is 1.55 bits per heavy atom. The van der Waals surface area contributed by atoms with Gasteiger partial charge in [-0.25, -0.2) is 0 Å². The monoisotopic (exact) mass is 565 g/mol. The third kappa shape index (κ3) is 9.52. The van der Waals surface area contributed by atoms with Crippen molar-refractivity contribution in [2.75, 3.05) is 0 Å². The zero-order valence-corrected chi connectivity index (χ0v) is 23.2. The van der Waals surface area contributed by atoms with Crippen molar-refractivity contribution in [3.8, 4) is 11.5 Å². The molecule has 0 radical (unpaired) electrons. The van der Waals surface area contributed by atoms with Crippen molar-refractivity contribution in [1.82, 2.24) is 16.0 Å². The van der Waals surface area contributed by atoms with Gasteiger partial charge in [0.2, 0.25) is 17.7 Å². The first kappa shape index (κ1) is 29.9. The van der Waals surface area contributed by atoms with Crippen molar-refractivity contribution in [2.45, 2.75) is 44.3 Å². The smallest absolute Gasteiger partial charge is 0.243 e. The largest absolute Gasteiger partial charge is 0.508 e. The lowest BCUT2D eigenvalue weighted by Gasteiger charge is -2.24. The van der Waals surface area contributed by atoms with Gasteiger partial charge in [-0.1, -0.05) is 84.9 Å². The van der Waals surface area contributed by atoms with Gasteiger partial charge in [-0.15, -0.1) is 0 Å². The lowest BCUT2D eigenvalue weighted by molar-refractivity contribution is -0.132. The standard InChI is InChI=1S/C34H35N3O5/c38-28-16-11-24(12-17-28)15-20-32(40)36-31(22-26-9-5-2-6-10-26)34(42)37-30(21-25-7-3-1-4-8-25)33(41)35-23-27-13-18-29(39)19-14-27/h1-14,16-19,30-31,38-39H,15,20-23H2,(H,35,41)(H,36,40)(H,37,42)/t30-,31-/m0/s1. The number of amides is 3. The van der Waals surface area contributed by atoms with Gasteiger partial charge in [0.1, 0.15) is 23.6 Å². The molecular weight excluding hydrogens is 530 g/mol. The molecule has 0 aliphatic heterocycles. The van der Waals surface area contributed by atoms with Gasteiger partial charge in [0.05, 0.1) is 0 Å². The quantitative estimate of drug-likeness (QED) is 0.169. The van der Waals surface area contributed by atoms with E-state index in [1.54, 1.807) is 48.5 Å². The van der Waals surface area contributed by atoms with Crippen LogP contribution in [0.1, 0.15) is 28.7 Å². The zero-order valence-electron chi connectivity index (χ0n) is 23.2. The van der Waals surface area contributed by atoms with Crippen LogP contribution in [0, 0.1) is 0 Å². The highest BCUT2D eigenvalue weighted by Crippen LogP contribution is 2.13. The van der Waals surface area contributed by atoms with Crippen LogP contribution in [0.5, 0.6) is 11.5 Å². The first-order valence-corrected chi connectivity index (χ1v) is 13.9. The van der Waals surface area contributed by atoms with Crippen LogP contribution in [0.4, 0.5) is 0 Å². The number of rotatable bonds is 13. The molecule has 0 fully saturated rings. The third-order valence-electron chi connectivity index (χ3n) is 6.83. The van der Waals surface area contributed by atoms with Gasteiger partial charge in [0, 0.05) is 25.8 Å². The van der Waals surface area contributed by atoms with Crippen LogP contribution in [0.2, 0.25) is 0 Å². The minimum atomic E-state index is -0.900. The Balaban J connectivity index is 1.46. The Hall–Kier alpha value is -5.11. The van der Waals surface area contributed by atoms with Crippen LogP contribution < -0.4 is 16.0 Å². The summed E-state index contributed by atoms with van der Waals surface area (Å²) in [6.07, 6.45) is 1.12. The fraction of sp³-hybridized carbons (Fsp3) is 0.206. The van der Waals surface area contributed by atoms with Gasteiger partial charge >= 0.3 is 0 Å². The van der Waals surface area contributed by atoms with Crippen LogP contribution >= 0.6 is 0 Å². The van der Waals surface area contributed by atoms with Crippen LogP contribution in [0.25, 0.3) is 0 Å². The number of phenolic OH excluding ortho intramolecular Hbond substituents is 2. The number of carbonyl (C=O) groups excluding carboxylic acids is 3. The highest BCUT2D eigenvalue weighted by molar-refractivity contribution is 5.92. The molecule has 216 valence electrons. The summed E-state index contributed by atoms with van der Waals surface area (Å²) in [5.74, 6) is -0.834. The molecule has 42 heavy (non-hydrogen) atoms. The van der Waals surface area contributed by atoms with E-state index in [0.717, 1.165) is 22.3 Å². The summed E-state index contributed by atoms with van der Waals surface area (Å²) in [6, 6.07) is 30.1. The second-order valence-electron chi connectivity index (χ2n) is 10.1. The van der Waals surface area contributed by atoms with Crippen molar-refractivity contribution in [3.63, 3.8) is 0 Å². The summed E-state index contributed by atoms with van der Waals surface area (Å²) < 4.78 is 0. The molecule has 3 amide bonds. The molecule has 0 aliphatic carbocycles. The van der Waals surface area contributed by atoms with E-state index in [1.807, 2.05) is 60.7 Å². The number of carbonyl (C=O) groups is 3. The predicted octanol–water partition coefficient (Wildman–Crippen LogP) is 3.80. The van der Waals surface area contributed by atoms with Crippen LogP contribution in [-0.4, -0.2) is 40.0 Å². The molecular formula is C34H35N3O5. The fourth-order valence-corrected chi connectivity index (χ4v) is 4.50. The summed E-state index contributed by atoms with van der Waals surface area (Å²) in [6.45, 7) is 0.224. The van der Waals surface area contributed by atoms with Gasteiger partial charge in [-0.3, -0.25) is 14.4 Å². The molecule has 8 nitrogen and oxygen atoms in total. The average Bonchev–Trinajstić information content (AvgIpc) is 3.00. The van der Waals surface area contributed by atoms with Crippen molar-refractivity contribution in [3.05, 3.63) is 131 Å². The summed E-state index contributed by atoms with van der Waals surface area (Å²) in [4.78, 5) is 39.9. The van der Waals surface area contributed by atoms with Gasteiger partial charge in [-0.2, -0.15) is 0 Å². The summed E-state index contributed by atoms with van der Waals surface area (Å²) >= 11 is 0. The minimum absolute atomic E-state index is 0.133. The molecule has 5 N–H and O–H groups in total. The number of nitrogens with one attached hydrogen (secondary N) is 3. The maximum Gasteiger partial charge on any atom is 0.243 e. The number of aromatic hydroxyl groups is 2. The number of aryl methyl sites for hydroxylation is 1. The Morgan fingerprint density at radius 2 is 1.02 bits per heavy atom. The second-order valence-corrected chi connectivity index (χ2v) is 10.1. The van der Waals surface area contributed by atoms with Gasteiger partial charge in [0.15, 0.2) is 0 Å². The lowest BCUT2D eigenvalue weighted by atomic mass is 10.0. The zero-order chi connectivity index (χ0) is 29.7. The van der Waals surface area contributed by atoms with Gasteiger partial charge in [0.25, 0.3) is 0 Å². The Labute approximate surface area is 245 Å². The molecule has 2 atom stereocenters. The first-order chi connectivity index (χ1) is 20.4. The molecule has 0 saturated carbocycles. The fourth-order valence-electron chi connectivity index (χ4n) is 4.50. The molecule has 0 unspecified atom stereocenters. The molecule has 4 aromatic carbocycles. The topological polar surface area (TPSA) is 128 Å². The Bertz CT molecular complexity index is 1440. The summed E-state index contributed by atoms with van der Waals surface area (Å²) in [7, 11) is 0. The molecule has 0 aromatic heterocycles. The van der Waals surface area contributed by atoms with Crippen LogP contribution in [0.15, 0.2) is 109 Å². The Morgan fingerprint density at radius 1 is 0.548 bits per heavy atom. The van der Waals surface area contributed by atoms with E-state index < -0.39 is 18.0 Å². The molecule has 0 saturated heterocycles. The lowest BCUT2D eigenvalue weighted by Crippen LogP contribution is -2.55. The predicted molar refractivity (Wildman–Crippen MR) is 161 cm³/mol. The van der Waals surface area contributed by atoms with E-state index in [1.165, 1.54) is 0 Å². The van der Waals surface area contributed by atoms with E-state index in [9.17, 15) is 24.6 Å². The summed E-state index contributed by atoms with van der Waals surface area (Å²) in [5.41, 5.74) is 3.43. The number of benzene rings is 4. The van der Waals surface area contributed by atoms with E-state index >= 15 is 0 Å². The van der Waals surface area contributed by atoms with Crippen LogP contribution in [-0.2, 0) is 40.2 Å². The normalized spacial score (nSPS) is 12.1. The molecule has 4 aromatic rings. The maximum absolute atomic E-state index is 13.7. The van der Waals surface area contributed by atoms with E-state index in [4.69, 9.17) is 0 Å². The highest BCUT2D eigenvalue weighted by atomic mass is 16.3. The van der Waals surface area contributed by atoms with Crippen molar-refractivity contribution in [2.24, 2.45) is 0 Å². The van der Waals surface area contributed by atoms with E-state index in [0.29, 0.717) is 6.42 Å². The first-order valence-electron chi connectivity index (χ1n) is 13.9. The average molecular weight is 566 g/mol. The molecule has 4 rings (SSSR count). The highest BCUT2D eigenvalue weighted by Gasteiger charge is 2.27. The van der Waals surface area contributed by atoms with Gasteiger partial charge < -0.3 is 26.2 Å². The van der Waals surface area contributed by atoms with Gasteiger partial charge in [-0.05, 0) is 52.9 Å². The number of hydrogen-bond acceptors (Lipinski definition) is 5. The Kier molecular flexibility index (Phi) is 10.7. The van der Waals surface area contributed by atoms with Crippen molar-refractivity contribution >= 4 is 17.7 Å². The second kappa shape index (κ2) is 15.0. The van der Waals surface area contributed by atoms with E-state index in [-0.39, 0.29) is 49.1 Å². The summed E-state index contributed by atoms with van der Waals surface area (Å²) in [5, 5.41) is 27.7. The van der Waals surface area contributed by atoms with Crippen LogP contribution in [0.3, 0.4) is 0 Å². The van der Waals surface area contributed by atoms with E-state index in [2.05, 4.69) is 16.0 Å². The number of hydrogen-bond donors (Lipinski definition) is 5. The maximum atomic E-state index is 13.7. The van der Waals surface area contributed by atoms with Crippen molar-refractivity contribution in [1.29, 1.82) is 0 Å². The van der Waals surface area contributed by atoms with Crippen molar-refractivity contribution < 1.29 is 24.6 Å². The molecule has 0 spiro atoms. The third-order valence-corrected chi connectivity index (χ3v) is 6.83. The minimum Gasteiger partial charge on any atom is -0.508 e. The molecule has 0 bridgehead atoms. The molecule has 0 aliphatic rings. The number of phenols is 2. The molecule has 0 heterocycles. The molecule has 8 heteroatoms.